The van der Waals surface area contributed by atoms with Gasteiger partial charge >= 0.3 is 0 Å². The zero-order valence-corrected chi connectivity index (χ0v) is 81.5. The van der Waals surface area contributed by atoms with E-state index >= 15 is 0 Å². The van der Waals surface area contributed by atoms with Gasteiger partial charge in [0.25, 0.3) is 23.6 Å². The fourth-order valence-electron chi connectivity index (χ4n) is 19.7. The van der Waals surface area contributed by atoms with E-state index < -0.39 is 36.0 Å². The highest BCUT2D eigenvalue weighted by Crippen LogP contribution is 2.36. The number of benzene rings is 8. The Bertz CT molecular complexity index is 7000. The number of likely N-dealkylation sites (tertiary alicyclic amines) is 4. The molecule has 9 N–H and O–H groups in total. The van der Waals surface area contributed by atoms with Crippen molar-refractivity contribution >= 4 is 103 Å². The van der Waals surface area contributed by atoms with Gasteiger partial charge in [0.05, 0.1) is 68.6 Å². The Balaban J connectivity index is 0.396. The van der Waals surface area contributed by atoms with Gasteiger partial charge in [-0.05, 0) is 244 Å². The van der Waals surface area contributed by atoms with Crippen LogP contribution >= 0.6 is 0 Å². The number of nitrogens with two attached hydrogens (primary N) is 1. The van der Waals surface area contributed by atoms with Crippen molar-refractivity contribution in [3.8, 4) is 67.8 Å². The normalized spacial score (nSPS) is 15.9. The summed E-state index contributed by atoms with van der Waals surface area (Å²) in [6, 6.07) is 50.8. The largest absolute Gasteiger partial charge is 0.368 e. The van der Waals surface area contributed by atoms with Gasteiger partial charge < -0.3 is 85.7 Å². The number of amides is 10. The topological polar surface area (TPSA) is 438 Å². The average Bonchev–Trinajstić information content (AvgIpc) is 1.65. The number of carbonyl (C=O) groups excluding carboxylic acids is 10. The highest BCUT2D eigenvalue weighted by Gasteiger charge is 2.48. The Morgan fingerprint density at radius 3 is 1.08 bits per heavy atom. The molecule has 4 aliphatic heterocycles. The first-order valence-corrected chi connectivity index (χ1v) is 49.4. The lowest BCUT2D eigenvalue weighted by atomic mass is 10.0. The van der Waals surface area contributed by atoms with Crippen molar-refractivity contribution < 1.29 is 47.9 Å². The number of likely N-dealkylation sites (N-methyl/N-ethyl adjacent to an activating group) is 2. The first-order chi connectivity index (χ1) is 69.3. The third-order valence-electron chi connectivity index (χ3n) is 27.5. The van der Waals surface area contributed by atoms with Crippen LogP contribution in [0.4, 0.5) is 0 Å². The number of rotatable bonds is 40. The van der Waals surface area contributed by atoms with Gasteiger partial charge in [0.2, 0.25) is 35.4 Å². The molecule has 37 nitrogen and oxygen atoms in total. The second-order valence-electron chi connectivity index (χ2n) is 38.2. The molecule has 8 aromatic carbocycles. The van der Waals surface area contributed by atoms with Gasteiger partial charge in [0.1, 0.15) is 47.5 Å². The molecular weight excluding hydrogens is 1810 g/mol. The molecule has 740 valence electrons. The molecule has 0 unspecified atom stereocenters. The summed E-state index contributed by atoms with van der Waals surface area (Å²) in [5.41, 5.74) is 23.7. The maximum Gasteiger partial charge on any atom is 0.253 e. The summed E-state index contributed by atoms with van der Waals surface area (Å²) in [5.74, 6) is 0.0624. The third kappa shape index (κ3) is 22.9. The molecule has 0 saturated carbocycles. The predicted octanol–water partition coefficient (Wildman–Crippen LogP) is 9.72. The predicted molar refractivity (Wildman–Crippen MR) is 543 cm³/mol. The molecule has 4 fully saturated rings. The number of aryl methyl sites for hydroxylation is 4. The molecule has 0 radical (unpaired) electrons. The first kappa shape index (κ1) is 97.7. The van der Waals surface area contributed by atoms with Crippen LogP contribution < -0.4 is 21.7 Å². The number of hydrogen-bond donors (Lipinski definition) is 8. The lowest BCUT2D eigenvalue weighted by Crippen LogP contribution is -2.58. The van der Waals surface area contributed by atoms with Crippen LogP contribution in [-0.2, 0) is 54.7 Å². The first-order valence-electron chi connectivity index (χ1n) is 49.4. The number of imidazole rings is 4. The molecular formula is C106H121N27O10. The molecule has 0 aliphatic carbocycles. The minimum Gasteiger partial charge on any atom is -0.368 e. The lowest BCUT2D eigenvalue weighted by Gasteiger charge is -2.36. The maximum absolute atomic E-state index is 14.8. The van der Waals surface area contributed by atoms with Crippen LogP contribution in [-0.4, -0.2) is 331 Å². The van der Waals surface area contributed by atoms with Crippen LogP contribution in [0.15, 0.2) is 182 Å². The zero-order valence-electron chi connectivity index (χ0n) is 81.5. The molecule has 4 aliphatic rings. The van der Waals surface area contributed by atoms with Gasteiger partial charge in [-0.3, -0.25) is 57.3 Å². The Labute approximate surface area is 827 Å². The number of primary amides is 1. The summed E-state index contributed by atoms with van der Waals surface area (Å²) in [6.45, 7) is 6.18. The van der Waals surface area contributed by atoms with Gasteiger partial charge in [-0.15, -0.1) is 10.2 Å². The number of H-pyrrole nitrogens is 4. The summed E-state index contributed by atoms with van der Waals surface area (Å²) in [4.78, 5) is 186. The van der Waals surface area contributed by atoms with Crippen molar-refractivity contribution in [2.45, 2.75) is 127 Å². The minimum atomic E-state index is -0.874. The highest BCUT2D eigenvalue weighted by molar-refractivity contribution is 6.01. The fraction of sp³-hybridized carbons (Fsp3) is 0.377. The van der Waals surface area contributed by atoms with E-state index in [2.05, 4.69) is 80.8 Å². The van der Waals surface area contributed by atoms with Gasteiger partial charge in [0.15, 0.2) is 0 Å². The summed E-state index contributed by atoms with van der Waals surface area (Å²) in [5, 5.41) is 26.6. The molecule has 0 bridgehead atoms. The van der Waals surface area contributed by atoms with Gasteiger partial charge in [-0.2, -0.15) is 0 Å². The molecule has 4 atom stereocenters. The van der Waals surface area contributed by atoms with Crippen LogP contribution in [0.3, 0.4) is 0 Å². The van der Waals surface area contributed by atoms with E-state index in [1.165, 1.54) is 4.90 Å². The van der Waals surface area contributed by atoms with Crippen molar-refractivity contribution in [1.29, 1.82) is 0 Å². The van der Waals surface area contributed by atoms with Crippen LogP contribution in [0.1, 0.15) is 130 Å². The molecule has 4 saturated heterocycles. The molecule has 18 rings (SSSR count). The summed E-state index contributed by atoms with van der Waals surface area (Å²) >= 11 is 0. The Morgan fingerprint density at radius 2 is 0.713 bits per heavy atom. The number of aromatic nitrogens is 14. The van der Waals surface area contributed by atoms with Gasteiger partial charge in [0, 0.05) is 156 Å². The molecule has 143 heavy (non-hydrogen) atoms. The van der Waals surface area contributed by atoms with Crippen LogP contribution in [0, 0.1) is 0 Å². The van der Waals surface area contributed by atoms with Crippen molar-refractivity contribution in [3.63, 3.8) is 0 Å². The number of aromatic amines is 4. The van der Waals surface area contributed by atoms with Gasteiger partial charge in [-0.1, -0.05) is 83.2 Å². The highest BCUT2D eigenvalue weighted by atomic mass is 16.2. The quantitative estimate of drug-likeness (QED) is 0.0166. The summed E-state index contributed by atoms with van der Waals surface area (Å²) in [6.07, 6.45) is 11.2. The standard InChI is InChI=1S/C106H121N27O10/c1-123(2)57-46-109-99(136)71-29-21-67(22-30-71)95-111-81-41-37-75(59-85(81)115-95)77-39-43-83-87(61-77)117-97(113-83)69-25-33-73(34-26-69)101(138)125(5)48-7-15-79-64-128(121-119-79)51-13-45-108-63-94(135)130-53-9-18-90(130)104(141)132-55-11-20-92(132)106(143)133-56-12-19-91(133)105(142)131-54-10-17-89(131)103(140)127(66-93(107)134)50-14-52-129-65-80(120-122-129)16-8-49-126(6)102(139)74-35-27-70(28-36-74)98-114-84-44-40-78(62-88(84)118-98)76-38-42-82-86(60-76)116-96(112-82)68-23-31-72(32-24-68)100(137)110-47-58-124(3)4/h21-44,59-62,64-65,89-92,108H,7-20,45-58,63,66H2,1-6H3,(H2,107,134)(H,109,136)(H,110,137)(H,111,115)(H,112,116)(H,113,117)(H,114,118)/t89-,90-,91-,92-/m0/s1. The summed E-state index contributed by atoms with van der Waals surface area (Å²) < 4.78 is 3.45. The van der Waals surface area contributed by atoms with E-state index in [9.17, 15) is 47.9 Å². The Morgan fingerprint density at radius 1 is 0.378 bits per heavy atom. The van der Waals surface area contributed by atoms with E-state index in [0.717, 1.165) is 113 Å². The SMILES string of the molecule is CN(C)CCNC(=O)c1ccc(-c2nc3ccc(-c4ccc5nc(-c6ccc(C(=O)N(C)CCCc7cn(CCCNCC(=O)N8CCC[C@H]8C(=O)N8CCC[C@H]8C(=O)N8CCC[C@H]8C(=O)N8CCC[C@H]8C(=O)N(CCCn8cc(CCCN(C)C(=O)c9ccc(-c%10nc%11ccc(-c%12ccc%13nc(-c%14ccc(C(=O)NCCN(C)C)cc%14)[nH]c%13c%12)cc%11[nH]%10)cc9)nn8)CC(N)=O)nn7)cc6)[nH]c5c4)cc3[nH]2)cc1. The number of carbonyl (C=O) groups is 10. The van der Waals surface area contributed by atoms with Crippen molar-refractivity contribution in [1.82, 2.24) is 130 Å². The van der Waals surface area contributed by atoms with E-state index in [1.807, 2.05) is 184 Å². The molecule has 10 amide bonds. The smallest absolute Gasteiger partial charge is 0.253 e. The lowest BCUT2D eigenvalue weighted by molar-refractivity contribution is -0.153. The van der Waals surface area contributed by atoms with E-state index in [-0.39, 0.29) is 66.9 Å². The molecule has 37 heteroatoms. The van der Waals surface area contributed by atoms with E-state index in [1.54, 1.807) is 65.0 Å². The zero-order chi connectivity index (χ0) is 99.5. The summed E-state index contributed by atoms with van der Waals surface area (Å²) in [7, 11) is 11.4. The Kier molecular flexibility index (Phi) is 30.1. The number of nitrogens with one attached hydrogen (secondary N) is 7. The van der Waals surface area contributed by atoms with Crippen LogP contribution in [0.5, 0.6) is 0 Å². The second kappa shape index (κ2) is 44.1. The van der Waals surface area contributed by atoms with E-state index in [0.29, 0.717) is 207 Å². The number of nitrogens with zero attached hydrogens (tertiary/aromatic N) is 19. The van der Waals surface area contributed by atoms with Crippen molar-refractivity contribution in [2.24, 2.45) is 5.73 Å². The van der Waals surface area contributed by atoms with Crippen LogP contribution in [0.2, 0.25) is 0 Å². The maximum atomic E-state index is 14.8. The monoisotopic (exact) mass is 1930 g/mol. The molecule has 14 aromatic rings. The van der Waals surface area contributed by atoms with Crippen molar-refractivity contribution in [3.05, 3.63) is 216 Å². The third-order valence-corrected chi connectivity index (χ3v) is 27.5. The second-order valence-corrected chi connectivity index (χ2v) is 38.2. The average molecular weight is 1930 g/mol. The molecule has 6 aromatic heterocycles. The Hall–Kier alpha value is -15.5. The minimum absolute atomic E-state index is 0.0224. The fourth-order valence-corrected chi connectivity index (χ4v) is 19.7. The molecule has 0 spiro atoms. The number of fused-ring (bicyclic) bond motifs is 4. The van der Waals surface area contributed by atoms with Crippen LogP contribution in [0.25, 0.3) is 112 Å². The van der Waals surface area contributed by atoms with Gasteiger partial charge in [-0.25, -0.2) is 19.9 Å². The molecule has 10 heterocycles. The van der Waals surface area contributed by atoms with E-state index in [4.69, 9.17) is 25.7 Å². The van der Waals surface area contributed by atoms with Crippen molar-refractivity contribution in [2.75, 3.05) is 134 Å². The number of hydrogen-bond acceptors (Lipinski definition) is 21.